The molecule has 1 aliphatic rings. The van der Waals surface area contributed by atoms with Gasteiger partial charge in [0.1, 0.15) is 0 Å². The monoisotopic (exact) mass is 404 g/mol. The number of rotatable bonds is 5. The number of hydrogen-bond donors (Lipinski definition) is 1. The number of hydrogen-bond acceptors (Lipinski definition) is 4. The molecule has 1 saturated heterocycles. The predicted molar refractivity (Wildman–Crippen MR) is 106 cm³/mol. The van der Waals surface area contributed by atoms with Gasteiger partial charge in [0.2, 0.25) is 0 Å². The van der Waals surface area contributed by atoms with Crippen molar-refractivity contribution in [2.24, 2.45) is 0 Å². The number of β-amino-alcohol motifs (C(OH)–C–C–N with tert-alkyl or cyclic N) is 1. The Hall–Kier alpha value is -2.58. The van der Waals surface area contributed by atoms with E-state index in [1.807, 2.05) is 33.7 Å². The van der Waals surface area contributed by atoms with Crippen LogP contribution in [-0.2, 0) is 12.7 Å². The maximum Gasteiger partial charge on any atom is 0.416 e. The molecule has 29 heavy (non-hydrogen) atoms. The first-order chi connectivity index (χ1) is 13.9. The maximum atomic E-state index is 12.9. The van der Waals surface area contributed by atoms with Crippen molar-refractivity contribution in [1.82, 2.24) is 14.5 Å². The standard InChI is InChI=1S/C21H23F3N4O/c22-21(23,24)16-4-3-5-17(12-16)27-10-8-26(9-11-27)13-18(29)14-28-15-25-19-6-1-2-7-20(19)28/h1-7,12,15,18,29H,8-11,13-14H2. The second-order valence-corrected chi connectivity index (χ2v) is 7.38. The molecule has 5 nitrogen and oxygen atoms in total. The summed E-state index contributed by atoms with van der Waals surface area (Å²) in [5.41, 5.74) is 1.85. The van der Waals surface area contributed by atoms with Crippen LogP contribution in [0.15, 0.2) is 54.9 Å². The number of nitrogens with zero attached hydrogens (tertiary/aromatic N) is 4. The third-order valence-corrected chi connectivity index (χ3v) is 5.31. The molecule has 2 heterocycles. The van der Waals surface area contributed by atoms with E-state index < -0.39 is 17.8 Å². The summed E-state index contributed by atoms with van der Waals surface area (Å²) in [6, 6.07) is 13.2. The van der Waals surface area contributed by atoms with Gasteiger partial charge in [-0.25, -0.2) is 4.98 Å². The summed E-state index contributed by atoms with van der Waals surface area (Å²) < 4.78 is 40.7. The van der Waals surface area contributed by atoms with Crippen molar-refractivity contribution < 1.29 is 18.3 Å². The molecule has 0 aliphatic carbocycles. The Morgan fingerprint density at radius 1 is 0.966 bits per heavy atom. The van der Waals surface area contributed by atoms with Gasteiger partial charge in [-0.15, -0.1) is 0 Å². The van der Waals surface area contributed by atoms with Crippen molar-refractivity contribution in [3.05, 3.63) is 60.4 Å². The Kier molecular flexibility index (Phi) is 5.47. The van der Waals surface area contributed by atoms with Crippen LogP contribution in [0.1, 0.15) is 5.56 Å². The van der Waals surface area contributed by atoms with Crippen LogP contribution in [0.5, 0.6) is 0 Å². The molecular formula is C21H23F3N4O. The second kappa shape index (κ2) is 8.04. The number of benzene rings is 2. The molecule has 0 saturated carbocycles. The van der Waals surface area contributed by atoms with Gasteiger partial charge >= 0.3 is 6.18 Å². The zero-order valence-electron chi connectivity index (χ0n) is 15.9. The Balaban J connectivity index is 1.32. The molecule has 3 aromatic rings. The summed E-state index contributed by atoms with van der Waals surface area (Å²) in [4.78, 5) is 8.44. The Morgan fingerprint density at radius 2 is 1.72 bits per heavy atom. The fourth-order valence-corrected chi connectivity index (χ4v) is 3.81. The number of imidazole rings is 1. The molecule has 0 radical (unpaired) electrons. The Bertz CT molecular complexity index is 964. The number of aliphatic hydroxyl groups excluding tert-OH is 1. The molecule has 1 aromatic heterocycles. The van der Waals surface area contributed by atoms with Crippen LogP contribution >= 0.6 is 0 Å². The topological polar surface area (TPSA) is 44.5 Å². The highest BCUT2D eigenvalue weighted by atomic mass is 19.4. The summed E-state index contributed by atoms with van der Waals surface area (Å²) >= 11 is 0. The lowest BCUT2D eigenvalue weighted by Crippen LogP contribution is -2.49. The molecule has 8 heteroatoms. The number of alkyl halides is 3. The number of halogens is 3. The van der Waals surface area contributed by atoms with E-state index in [2.05, 4.69) is 9.88 Å². The van der Waals surface area contributed by atoms with E-state index in [0.717, 1.165) is 17.1 Å². The zero-order valence-corrected chi connectivity index (χ0v) is 15.9. The molecule has 0 amide bonds. The molecule has 4 rings (SSSR count). The van der Waals surface area contributed by atoms with E-state index >= 15 is 0 Å². The first-order valence-electron chi connectivity index (χ1n) is 9.62. The smallest absolute Gasteiger partial charge is 0.390 e. The molecule has 1 fully saturated rings. The van der Waals surface area contributed by atoms with Gasteiger partial charge in [0, 0.05) is 38.4 Å². The van der Waals surface area contributed by atoms with Gasteiger partial charge in [0.25, 0.3) is 0 Å². The number of piperazine rings is 1. The van der Waals surface area contributed by atoms with Gasteiger partial charge in [-0.2, -0.15) is 13.2 Å². The van der Waals surface area contributed by atoms with Crippen molar-refractivity contribution in [3.8, 4) is 0 Å². The number of aliphatic hydroxyl groups is 1. The summed E-state index contributed by atoms with van der Waals surface area (Å²) in [6.07, 6.45) is -3.15. The van der Waals surface area contributed by atoms with Gasteiger partial charge < -0.3 is 14.6 Å². The van der Waals surface area contributed by atoms with E-state index in [0.29, 0.717) is 45.0 Å². The fourth-order valence-electron chi connectivity index (χ4n) is 3.81. The van der Waals surface area contributed by atoms with E-state index in [-0.39, 0.29) is 0 Å². The normalized spacial score (nSPS) is 17.0. The highest BCUT2D eigenvalue weighted by molar-refractivity contribution is 5.74. The Morgan fingerprint density at radius 3 is 2.48 bits per heavy atom. The molecule has 154 valence electrons. The van der Waals surface area contributed by atoms with Crippen LogP contribution in [0.25, 0.3) is 11.0 Å². The van der Waals surface area contributed by atoms with Crippen LogP contribution in [0.3, 0.4) is 0 Å². The van der Waals surface area contributed by atoms with Crippen LogP contribution in [-0.4, -0.2) is 58.4 Å². The predicted octanol–water partition coefficient (Wildman–Crippen LogP) is 3.24. The van der Waals surface area contributed by atoms with E-state index in [4.69, 9.17) is 0 Å². The maximum absolute atomic E-state index is 12.9. The number of aromatic nitrogens is 2. The van der Waals surface area contributed by atoms with E-state index in [9.17, 15) is 18.3 Å². The molecule has 0 bridgehead atoms. The van der Waals surface area contributed by atoms with E-state index in [1.165, 1.54) is 12.1 Å². The van der Waals surface area contributed by atoms with Crippen molar-refractivity contribution >= 4 is 16.7 Å². The average Bonchev–Trinajstić information content (AvgIpc) is 3.11. The summed E-state index contributed by atoms with van der Waals surface area (Å²) in [5, 5.41) is 10.5. The first kappa shape index (κ1) is 19.7. The van der Waals surface area contributed by atoms with Gasteiger partial charge in [-0.3, -0.25) is 4.90 Å². The summed E-state index contributed by atoms with van der Waals surface area (Å²) in [5.74, 6) is 0. The van der Waals surface area contributed by atoms with Gasteiger partial charge in [0.15, 0.2) is 0 Å². The molecule has 2 aromatic carbocycles. The lowest BCUT2D eigenvalue weighted by Gasteiger charge is -2.37. The van der Waals surface area contributed by atoms with Crippen molar-refractivity contribution in [1.29, 1.82) is 0 Å². The number of fused-ring (bicyclic) bond motifs is 1. The minimum absolute atomic E-state index is 0.453. The molecule has 0 spiro atoms. The van der Waals surface area contributed by atoms with Crippen LogP contribution in [0, 0.1) is 0 Å². The van der Waals surface area contributed by atoms with E-state index in [1.54, 1.807) is 12.4 Å². The molecular weight excluding hydrogens is 381 g/mol. The van der Waals surface area contributed by atoms with Crippen molar-refractivity contribution in [2.75, 3.05) is 37.6 Å². The van der Waals surface area contributed by atoms with Gasteiger partial charge in [-0.1, -0.05) is 18.2 Å². The molecule has 1 aliphatic heterocycles. The SMILES string of the molecule is OC(CN1CCN(c2cccc(C(F)(F)F)c2)CC1)Cn1cnc2ccccc21. The molecule has 1 unspecified atom stereocenters. The first-order valence-corrected chi connectivity index (χ1v) is 9.62. The highest BCUT2D eigenvalue weighted by Gasteiger charge is 2.31. The minimum atomic E-state index is -4.33. The van der Waals surface area contributed by atoms with Gasteiger partial charge in [-0.05, 0) is 30.3 Å². The Labute approximate surface area is 167 Å². The number of anilines is 1. The quantitative estimate of drug-likeness (QED) is 0.709. The lowest BCUT2D eigenvalue weighted by atomic mass is 10.1. The zero-order chi connectivity index (χ0) is 20.4. The molecule has 1 atom stereocenters. The minimum Gasteiger partial charge on any atom is -0.390 e. The van der Waals surface area contributed by atoms with Crippen molar-refractivity contribution in [2.45, 2.75) is 18.8 Å². The fraction of sp³-hybridized carbons (Fsp3) is 0.381. The highest BCUT2D eigenvalue weighted by Crippen LogP contribution is 2.31. The average molecular weight is 404 g/mol. The van der Waals surface area contributed by atoms with Crippen molar-refractivity contribution in [3.63, 3.8) is 0 Å². The van der Waals surface area contributed by atoms with Gasteiger partial charge in [0.05, 0.1) is 35.6 Å². The van der Waals surface area contributed by atoms with Crippen LogP contribution in [0.4, 0.5) is 18.9 Å². The third-order valence-electron chi connectivity index (χ3n) is 5.31. The van der Waals surface area contributed by atoms with Crippen LogP contribution < -0.4 is 4.90 Å². The lowest BCUT2D eigenvalue weighted by molar-refractivity contribution is -0.137. The summed E-state index contributed by atoms with van der Waals surface area (Å²) in [7, 11) is 0. The van der Waals surface area contributed by atoms with Crippen LogP contribution in [0.2, 0.25) is 0 Å². The number of para-hydroxylation sites is 2. The molecule has 1 N–H and O–H groups in total. The third kappa shape index (κ3) is 4.54. The summed E-state index contributed by atoms with van der Waals surface area (Å²) in [6.45, 7) is 3.61. The largest absolute Gasteiger partial charge is 0.416 e. The second-order valence-electron chi connectivity index (χ2n) is 7.38.